The summed E-state index contributed by atoms with van der Waals surface area (Å²) in [6.07, 6.45) is 8.38. The zero-order chi connectivity index (χ0) is 28.2. The summed E-state index contributed by atoms with van der Waals surface area (Å²) in [4.78, 5) is 30.6. The molecule has 7 heteroatoms. The predicted octanol–water partition coefficient (Wildman–Crippen LogP) is 5.52. The number of nitrogens with zero attached hydrogens (tertiary/aromatic N) is 3. The van der Waals surface area contributed by atoms with E-state index in [1.165, 1.54) is 25.7 Å². The zero-order valence-electron chi connectivity index (χ0n) is 24.0. The number of hydrogen-bond donors (Lipinski definition) is 0. The molecule has 1 fully saturated rings. The van der Waals surface area contributed by atoms with E-state index in [2.05, 4.69) is 16.7 Å². The summed E-state index contributed by atoms with van der Waals surface area (Å²) in [6.45, 7) is 2.46. The summed E-state index contributed by atoms with van der Waals surface area (Å²) >= 11 is 0. The highest BCUT2D eigenvalue weighted by molar-refractivity contribution is 5.85. The Labute approximate surface area is 238 Å². The van der Waals surface area contributed by atoms with Gasteiger partial charge in [-0.1, -0.05) is 68.1 Å². The van der Waals surface area contributed by atoms with Gasteiger partial charge in [0.15, 0.2) is 0 Å². The van der Waals surface area contributed by atoms with E-state index in [9.17, 15) is 9.59 Å². The number of ether oxygens (including phenoxy) is 2. The van der Waals surface area contributed by atoms with E-state index in [1.807, 2.05) is 65.7 Å². The fourth-order valence-corrected chi connectivity index (χ4v) is 5.49. The Morgan fingerprint density at radius 2 is 1.65 bits per heavy atom. The highest BCUT2D eigenvalue weighted by atomic mass is 16.5. The van der Waals surface area contributed by atoms with Crippen molar-refractivity contribution in [1.29, 1.82) is 0 Å². The van der Waals surface area contributed by atoms with E-state index in [0.717, 1.165) is 29.0 Å². The quantitative estimate of drug-likeness (QED) is 0.252. The van der Waals surface area contributed by atoms with Crippen LogP contribution in [-0.2, 0) is 34.0 Å². The lowest BCUT2D eigenvalue weighted by atomic mass is 10.0. The minimum atomic E-state index is -0.0664. The molecule has 3 aromatic rings. The van der Waals surface area contributed by atoms with Crippen molar-refractivity contribution in [3.63, 3.8) is 0 Å². The monoisotopic (exact) mass is 545 g/mol. The van der Waals surface area contributed by atoms with Crippen LogP contribution in [0.25, 0.3) is 0 Å². The van der Waals surface area contributed by atoms with Crippen molar-refractivity contribution < 1.29 is 19.1 Å². The molecule has 2 amide bonds. The molecule has 40 heavy (non-hydrogen) atoms. The Kier molecular flexibility index (Phi) is 11.2. The molecule has 1 aliphatic carbocycles. The van der Waals surface area contributed by atoms with Gasteiger partial charge in [-0.25, -0.2) is 0 Å². The Morgan fingerprint density at radius 1 is 0.875 bits per heavy atom. The molecule has 1 heterocycles. The number of benzene rings is 2. The lowest BCUT2D eigenvalue weighted by Crippen LogP contribution is -2.44. The van der Waals surface area contributed by atoms with Crippen molar-refractivity contribution in [1.82, 2.24) is 14.4 Å². The molecule has 0 bridgehead atoms. The number of amides is 2. The molecule has 1 aliphatic rings. The number of methoxy groups -OCH3 is 2. The molecule has 4 rings (SSSR count). The predicted molar refractivity (Wildman–Crippen MR) is 157 cm³/mol. The van der Waals surface area contributed by atoms with Gasteiger partial charge in [0.1, 0.15) is 5.75 Å². The van der Waals surface area contributed by atoms with Gasteiger partial charge < -0.3 is 23.8 Å². The van der Waals surface area contributed by atoms with Gasteiger partial charge in [0.25, 0.3) is 0 Å². The van der Waals surface area contributed by atoms with Crippen LogP contribution in [0.1, 0.15) is 55.3 Å². The second-order valence-electron chi connectivity index (χ2n) is 10.7. The SMILES string of the molecule is COCCN(CC(=O)N(Cc1ccccc1)Cc1cccn1Cc1cccc(OC)c1)C(=O)CCC1CCCC1. The molecule has 0 radical (unpaired) electrons. The van der Waals surface area contributed by atoms with Crippen LogP contribution in [0.3, 0.4) is 0 Å². The summed E-state index contributed by atoms with van der Waals surface area (Å²) in [7, 11) is 3.30. The third-order valence-corrected chi connectivity index (χ3v) is 7.82. The average molecular weight is 546 g/mol. The van der Waals surface area contributed by atoms with Crippen molar-refractivity contribution in [3.8, 4) is 5.75 Å². The second-order valence-corrected chi connectivity index (χ2v) is 10.7. The van der Waals surface area contributed by atoms with Gasteiger partial charge in [-0.2, -0.15) is 0 Å². The molecule has 214 valence electrons. The van der Waals surface area contributed by atoms with Gasteiger partial charge in [-0.3, -0.25) is 9.59 Å². The summed E-state index contributed by atoms with van der Waals surface area (Å²) in [5, 5.41) is 0. The Hall–Kier alpha value is -3.58. The highest BCUT2D eigenvalue weighted by Crippen LogP contribution is 2.28. The van der Waals surface area contributed by atoms with E-state index < -0.39 is 0 Å². The first-order valence-electron chi connectivity index (χ1n) is 14.4. The Balaban J connectivity index is 1.48. The van der Waals surface area contributed by atoms with Crippen molar-refractivity contribution in [3.05, 3.63) is 89.7 Å². The van der Waals surface area contributed by atoms with Crippen LogP contribution in [0.4, 0.5) is 0 Å². The van der Waals surface area contributed by atoms with Crippen LogP contribution >= 0.6 is 0 Å². The van der Waals surface area contributed by atoms with Crippen LogP contribution in [0.15, 0.2) is 72.9 Å². The third kappa shape index (κ3) is 8.71. The van der Waals surface area contributed by atoms with E-state index >= 15 is 0 Å². The molecule has 0 atom stereocenters. The molecule has 0 N–H and O–H groups in total. The molecule has 0 spiro atoms. The van der Waals surface area contributed by atoms with Crippen LogP contribution in [0, 0.1) is 5.92 Å². The van der Waals surface area contributed by atoms with Gasteiger partial charge in [0.05, 0.1) is 26.8 Å². The van der Waals surface area contributed by atoms with Gasteiger partial charge in [-0.05, 0) is 47.7 Å². The smallest absolute Gasteiger partial charge is 0.242 e. The molecular weight excluding hydrogens is 502 g/mol. The van der Waals surface area contributed by atoms with Gasteiger partial charge >= 0.3 is 0 Å². The van der Waals surface area contributed by atoms with E-state index in [-0.39, 0.29) is 18.4 Å². The molecule has 2 aromatic carbocycles. The third-order valence-electron chi connectivity index (χ3n) is 7.82. The summed E-state index contributed by atoms with van der Waals surface area (Å²) in [5.74, 6) is 1.43. The number of rotatable bonds is 15. The van der Waals surface area contributed by atoms with E-state index in [1.54, 1.807) is 19.1 Å². The molecule has 1 aromatic heterocycles. The molecule has 1 saturated carbocycles. The van der Waals surface area contributed by atoms with Gasteiger partial charge in [-0.15, -0.1) is 0 Å². The molecule has 0 unspecified atom stereocenters. The number of carbonyl (C=O) groups is 2. The van der Waals surface area contributed by atoms with Crippen molar-refractivity contribution in [2.45, 2.75) is 58.2 Å². The van der Waals surface area contributed by atoms with Crippen molar-refractivity contribution in [2.75, 3.05) is 33.9 Å². The maximum Gasteiger partial charge on any atom is 0.242 e. The lowest BCUT2D eigenvalue weighted by molar-refractivity contribution is -0.142. The maximum atomic E-state index is 13.8. The molecule has 0 saturated heterocycles. The number of aromatic nitrogens is 1. The summed E-state index contributed by atoms with van der Waals surface area (Å²) in [6, 6.07) is 22.1. The average Bonchev–Trinajstić information content (AvgIpc) is 3.66. The largest absolute Gasteiger partial charge is 0.497 e. The summed E-state index contributed by atoms with van der Waals surface area (Å²) < 4.78 is 12.8. The Morgan fingerprint density at radius 3 is 2.40 bits per heavy atom. The van der Waals surface area contributed by atoms with Crippen LogP contribution in [0.2, 0.25) is 0 Å². The topological polar surface area (TPSA) is 64.0 Å². The first-order valence-corrected chi connectivity index (χ1v) is 14.4. The molecular formula is C33H43N3O4. The second kappa shape index (κ2) is 15.3. The van der Waals surface area contributed by atoms with Crippen molar-refractivity contribution in [2.24, 2.45) is 5.92 Å². The van der Waals surface area contributed by atoms with E-state index in [4.69, 9.17) is 9.47 Å². The van der Waals surface area contributed by atoms with Crippen molar-refractivity contribution >= 4 is 11.8 Å². The minimum Gasteiger partial charge on any atom is -0.497 e. The normalized spacial score (nSPS) is 13.3. The first kappa shape index (κ1) is 29.4. The highest BCUT2D eigenvalue weighted by Gasteiger charge is 2.24. The fraction of sp³-hybridized carbons (Fsp3) is 0.455. The van der Waals surface area contributed by atoms with Crippen LogP contribution in [-0.4, -0.2) is 60.1 Å². The van der Waals surface area contributed by atoms with E-state index in [0.29, 0.717) is 45.1 Å². The standard InChI is InChI=1S/C33H43N3O4/c1-39-21-20-35(32(37)18-17-27-10-6-7-11-27)26-33(38)36(23-28-12-4-3-5-13-28)25-30-15-9-19-34(30)24-29-14-8-16-31(22-29)40-2/h3-5,8-9,12-16,19,22,27H,6-7,10-11,17-18,20-21,23-26H2,1-2H3. The van der Waals surface area contributed by atoms with Crippen LogP contribution in [0.5, 0.6) is 5.75 Å². The molecule has 0 aliphatic heterocycles. The lowest BCUT2D eigenvalue weighted by Gasteiger charge is -2.28. The fourth-order valence-electron chi connectivity index (χ4n) is 5.49. The zero-order valence-corrected chi connectivity index (χ0v) is 24.0. The van der Waals surface area contributed by atoms with Gasteiger partial charge in [0, 0.05) is 45.1 Å². The maximum absolute atomic E-state index is 13.8. The number of carbonyl (C=O) groups excluding carboxylic acids is 2. The summed E-state index contributed by atoms with van der Waals surface area (Å²) in [5.41, 5.74) is 3.21. The first-order chi connectivity index (χ1) is 19.6. The van der Waals surface area contributed by atoms with Gasteiger partial charge in [0.2, 0.25) is 11.8 Å². The minimum absolute atomic E-state index is 0.0401. The Bertz CT molecular complexity index is 1200. The van der Waals surface area contributed by atoms with Crippen LogP contribution < -0.4 is 4.74 Å². The molecule has 7 nitrogen and oxygen atoms in total. The number of hydrogen-bond acceptors (Lipinski definition) is 4.